The highest BCUT2D eigenvalue weighted by atomic mass is 32.2. The first-order valence-electron chi connectivity index (χ1n) is 5.53. The minimum absolute atomic E-state index is 0.0497. The minimum atomic E-state index is -3.61. The van der Waals surface area contributed by atoms with Crippen LogP contribution in [0.2, 0.25) is 0 Å². The molecule has 0 saturated heterocycles. The van der Waals surface area contributed by atoms with Gasteiger partial charge in [0.1, 0.15) is 4.90 Å². The summed E-state index contributed by atoms with van der Waals surface area (Å²) in [7, 11) is -3.61. The lowest BCUT2D eigenvalue weighted by Gasteiger charge is -2.11. The summed E-state index contributed by atoms with van der Waals surface area (Å²) >= 11 is 0. The first-order chi connectivity index (χ1) is 8.51. The van der Waals surface area contributed by atoms with E-state index < -0.39 is 15.9 Å². The number of hydrogen-bond donors (Lipinski definition) is 2. The van der Waals surface area contributed by atoms with Gasteiger partial charge in [0.05, 0.1) is 5.69 Å². The fraction of sp³-hybridized carbons (Fsp3) is 0.250. The molecule has 0 fully saturated rings. The molecule has 1 aromatic carbocycles. The van der Waals surface area contributed by atoms with Crippen molar-refractivity contribution in [2.24, 2.45) is 0 Å². The van der Waals surface area contributed by atoms with E-state index in [1.165, 1.54) is 12.1 Å². The van der Waals surface area contributed by atoms with Crippen molar-refractivity contribution in [3.05, 3.63) is 36.9 Å². The number of anilines is 1. The molecule has 1 rings (SSSR count). The Bertz CT molecular complexity index is 538. The lowest BCUT2D eigenvalue weighted by Crippen LogP contribution is -2.25. The van der Waals surface area contributed by atoms with Crippen LogP contribution in [-0.2, 0) is 14.8 Å². The molecule has 0 aliphatic rings. The smallest absolute Gasteiger partial charge is 0.247 e. The Labute approximate surface area is 107 Å². The molecule has 0 heterocycles. The molecule has 0 saturated carbocycles. The van der Waals surface area contributed by atoms with Gasteiger partial charge >= 0.3 is 0 Å². The Morgan fingerprint density at radius 2 is 2.06 bits per heavy atom. The molecule has 0 aromatic heterocycles. The third kappa shape index (κ3) is 3.68. The van der Waals surface area contributed by atoms with E-state index in [1.54, 1.807) is 12.1 Å². The van der Waals surface area contributed by atoms with Gasteiger partial charge in [-0.1, -0.05) is 25.6 Å². The maximum atomic E-state index is 12.0. The average Bonchev–Trinajstić information content (AvgIpc) is 2.36. The number of amides is 1. The standard InChI is InChI=1S/C12H16N2O3S/c1-3-9-13-18(16,17)11-8-6-5-7-10(11)14-12(15)4-2/h4-8,13H,2-3,9H2,1H3,(H,14,15). The van der Waals surface area contributed by atoms with Crippen molar-refractivity contribution < 1.29 is 13.2 Å². The largest absolute Gasteiger partial charge is 0.321 e. The van der Waals surface area contributed by atoms with E-state index in [1.807, 2.05) is 6.92 Å². The van der Waals surface area contributed by atoms with E-state index in [2.05, 4.69) is 16.6 Å². The van der Waals surface area contributed by atoms with Crippen molar-refractivity contribution in [3.8, 4) is 0 Å². The number of sulfonamides is 1. The number of rotatable bonds is 6. The van der Waals surface area contributed by atoms with Crippen LogP contribution in [0.25, 0.3) is 0 Å². The van der Waals surface area contributed by atoms with Crippen LogP contribution in [0.15, 0.2) is 41.8 Å². The normalized spacial score (nSPS) is 10.9. The minimum Gasteiger partial charge on any atom is -0.321 e. The molecular weight excluding hydrogens is 252 g/mol. The SMILES string of the molecule is C=CC(=O)Nc1ccccc1S(=O)(=O)NCCC. The van der Waals surface area contributed by atoms with Crippen LogP contribution in [-0.4, -0.2) is 20.9 Å². The monoisotopic (exact) mass is 268 g/mol. The maximum Gasteiger partial charge on any atom is 0.247 e. The van der Waals surface area contributed by atoms with Gasteiger partial charge in [-0.2, -0.15) is 0 Å². The zero-order chi connectivity index (χ0) is 13.6. The van der Waals surface area contributed by atoms with Crippen molar-refractivity contribution >= 4 is 21.6 Å². The average molecular weight is 268 g/mol. The molecule has 0 atom stereocenters. The van der Waals surface area contributed by atoms with Crippen LogP contribution in [0.3, 0.4) is 0 Å². The van der Waals surface area contributed by atoms with Gasteiger partial charge in [-0.25, -0.2) is 13.1 Å². The highest BCUT2D eigenvalue weighted by Gasteiger charge is 2.17. The first kappa shape index (κ1) is 14.4. The Morgan fingerprint density at radius 3 is 2.67 bits per heavy atom. The molecule has 0 radical (unpaired) electrons. The molecule has 0 bridgehead atoms. The number of nitrogens with one attached hydrogen (secondary N) is 2. The van der Waals surface area contributed by atoms with Crippen LogP contribution in [0, 0.1) is 0 Å². The van der Waals surface area contributed by atoms with Crippen LogP contribution >= 0.6 is 0 Å². The predicted molar refractivity (Wildman–Crippen MR) is 70.7 cm³/mol. The van der Waals surface area contributed by atoms with Gasteiger partial charge < -0.3 is 5.32 Å². The van der Waals surface area contributed by atoms with Crippen LogP contribution in [0.1, 0.15) is 13.3 Å². The second kappa shape index (κ2) is 6.32. The Balaban J connectivity index is 3.08. The lowest BCUT2D eigenvalue weighted by molar-refractivity contribution is -0.111. The Hall–Kier alpha value is -1.66. The zero-order valence-electron chi connectivity index (χ0n) is 10.1. The predicted octanol–water partition coefficient (Wildman–Crippen LogP) is 1.50. The topological polar surface area (TPSA) is 75.3 Å². The van der Waals surface area contributed by atoms with Gasteiger partial charge in [-0.3, -0.25) is 4.79 Å². The summed E-state index contributed by atoms with van der Waals surface area (Å²) in [5.41, 5.74) is 0.242. The molecule has 18 heavy (non-hydrogen) atoms. The fourth-order valence-corrected chi connectivity index (χ4v) is 2.60. The van der Waals surface area contributed by atoms with E-state index in [0.717, 1.165) is 6.08 Å². The van der Waals surface area contributed by atoms with Gasteiger partial charge in [0.25, 0.3) is 0 Å². The summed E-state index contributed by atoms with van der Waals surface area (Å²) in [4.78, 5) is 11.3. The van der Waals surface area contributed by atoms with Gasteiger partial charge in [0, 0.05) is 6.54 Å². The van der Waals surface area contributed by atoms with Gasteiger partial charge in [0.2, 0.25) is 15.9 Å². The molecule has 6 heteroatoms. The molecule has 0 spiro atoms. The summed E-state index contributed by atoms with van der Waals surface area (Å²) < 4.78 is 26.4. The van der Waals surface area contributed by atoms with E-state index in [9.17, 15) is 13.2 Å². The number of benzene rings is 1. The van der Waals surface area contributed by atoms with Crippen LogP contribution < -0.4 is 10.0 Å². The molecule has 0 unspecified atom stereocenters. The summed E-state index contributed by atoms with van der Waals surface area (Å²) in [5.74, 6) is -0.451. The second-order valence-corrected chi connectivity index (χ2v) is 5.32. The summed E-state index contributed by atoms with van der Waals surface area (Å²) in [6.45, 7) is 5.54. The Kier molecular flexibility index (Phi) is 5.06. The van der Waals surface area contributed by atoms with E-state index in [0.29, 0.717) is 13.0 Å². The van der Waals surface area contributed by atoms with Gasteiger partial charge in [-0.05, 0) is 24.6 Å². The van der Waals surface area contributed by atoms with Crippen molar-refractivity contribution in [3.63, 3.8) is 0 Å². The lowest BCUT2D eigenvalue weighted by atomic mass is 10.3. The van der Waals surface area contributed by atoms with Gasteiger partial charge in [-0.15, -0.1) is 0 Å². The molecular formula is C12H16N2O3S. The number of para-hydroxylation sites is 1. The highest BCUT2D eigenvalue weighted by Crippen LogP contribution is 2.20. The maximum absolute atomic E-state index is 12.0. The molecule has 0 aliphatic carbocycles. The van der Waals surface area contributed by atoms with E-state index >= 15 is 0 Å². The number of hydrogen-bond acceptors (Lipinski definition) is 3. The molecule has 1 amide bonds. The molecule has 2 N–H and O–H groups in total. The van der Waals surface area contributed by atoms with Crippen molar-refractivity contribution in [2.45, 2.75) is 18.2 Å². The summed E-state index contributed by atoms with van der Waals surface area (Å²) in [6, 6.07) is 6.22. The first-order valence-corrected chi connectivity index (χ1v) is 7.01. The van der Waals surface area contributed by atoms with E-state index in [-0.39, 0.29) is 10.6 Å². The van der Waals surface area contributed by atoms with Gasteiger partial charge in [0.15, 0.2) is 0 Å². The fourth-order valence-electron chi connectivity index (χ4n) is 1.30. The third-order valence-corrected chi connectivity index (χ3v) is 3.68. The molecule has 0 aliphatic heterocycles. The van der Waals surface area contributed by atoms with E-state index in [4.69, 9.17) is 0 Å². The van der Waals surface area contributed by atoms with Crippen molar-refractivity contribution in [1.29, 1.82) is 0 Å². The van der Waals surface area contributed by atoms with Crippen molar-refractivity contribution in [1.82, 2.24) is 4.72 Å². The summed E-state index contributed by atoms with van der Waals surface area (Å²) in [5, 5.41) is 2.47. The number of carbonyl (C=O) groups is 1. The number of carbonyl (C=O) groups excluding carboxylic acids is 1. The molecule has 98 valence electrons. The highest BCUT2D eigenvalue weighted by molar-refractivity contribution is 7.89. The van der Waals surface area contributed by atoms with Crippen LogP contribution in [0.4, 0.5) is 5.69 Å². The molecule has 5 nitrogen and oxygen atoms in total. The quantitative estimate of drug-likeness (QED) is 0.768. The molecule has 1 aromatic rings. The Morgan fingerprint density at radius 1 is 1.39 bits per heavy atom. The van der Waals surface area contributed by atoms with Crippen LogP contribution in [0.5, 0.6) is 0 Å². The second-order valence-electron chi connectivity index (χ2n) is 3.59. The zero-order valence-corrected chi connectivity index (χ0v) is 11.0. The van der Waals surface area contributed by atoms with Crippen molar-refractivity contribution in [2.75, 3.05) is 11.9 Å². The third-order valence-electron chi connectivity index (χ3n) is 2.16. The summed E-state index contributed by atoms with van der Waals surface area (Å²) in [6.07, 6.45) is 1.78.